The zero-order valence-electron chi connectivity index (χ0n) is 12.0. The normalized spacial score (nSPS) is 18.6. The Morgan fingerprint density at radius 1 is 1.14 bits per heavy atom. The first-order chi connectivity index (χ1) is 10.3. The minimum Gasteiger partial charge on any atom is -0.454 e. The first-order valence-electron chi connectivity index (χ1n) is 7.30. The third kappa shape index (κ3) is 3.11. The van der Waals surface area contributed by atoms with Crippen LogP contribution in [0.15, 0.2) is 18.2 Å². The van der Waals surface area contributed by atoms with E-state index < -0.39 is 0 Å². The van der Waals surface area contributed by atoms with Gasteiger partial charge in [-0.2, -0.15) is 0 Å². The highest BCUT2D eigenvalue weighted by Gasteiger charge is 2.22. The standard InChI is InChI=1S/C15H20N2O4/c18-9-8-16-4-1-5-17(7-6-16)15(19)12-2-3-13-14(10-12)21-11-20-13/h2-3,10,18H,1,4-9,11H2. The van der Waals surface area contributed by atoms with E-state index >= 15 is 0 Å². The summed E-state index contributed by atoms with van der Waals surface area (Å²) < 4.78 is 10.6. The van der Waals surface area contributed by atoms with Gasteiger partial charge in [-0.3, -0.25) is 9.69 Å². The van der Waals surface area contributed by atoms with Crippen LogP contribution in [-0.2, 0) is 0 Å². The highest BCUT2D eigenvalue weighted by molar-refractivity contribution is 5.95. The topological polar surface area (TPSA) is 62.2 Å². The Labute approximate surface area is 123 Å². The van der Waals surface area contributed by atoms with E-state index in [0.29, 0.717) is 30.2 Å². The fourth-order valence-electron chi connectivity index (χ4n) is 2.75. The average molecular weight is 292 g/mol. The van der Waals surface area contributed by atoms with Crippen LogP contribution in [0.4, 0.5) is 0 Å². The Bertz CT molecular complexity index is 520. The van der Waals surface area contributed by atoms with E-state index in [1.807, 2.05) is 4.90 Å². The molecule has 0 aliphatic carbocycles. The van der Waals surface area contributed by atoms with Crippen LogP contribution in [-0.4, -0.2) is 66.9 Å². The van der Waals surface area contributed by atoms with Gasteiger partial charge in [0.05, 0.1) is 6.61 Å². The number of carbonyl (C=O) groups excluding carboxylic acids is 1. The summed E-state index contributed by atoms with van der Waals surface area (Å²) in [7, 11) is 0. The second-order valence-electron chi connectivity index (χ2n) is 5.28. The minimum atomic E-state index is 0.0270. The van der Waals surface area contributed by atoms with Gasteiger partial charge in [0.15, 0.2) is 11.5 Å². The summed E-state index contributed by atoms with van der Waals surface area (Å²) in [5.41, 5.74) is 0.634. The number of aliphatic hydroxyl groups excluding tert-OH is 1. The van der Waals surface area contributed by atoms with Crippen molar-refractivity contribution in [3.05, 3.63) is 23.8 Å². The van der Waals surface area contributed by atoms with Crippen molar-refractivity contribution in [3.8, 4) is 11.5 Å². The maximum atomic E-state index is 12.6. The smallest absolute Gasteiger partial charge is 0.254 e. The molecule has 0 unspecified atom stereocenters. The van der Waals surface area contributed by atoms with E-state index in [1.54, 1.807) is 18.2 Å². The van der Waals surface area contributed by atoms with Crippen LogP contribution in [0.2, 0.25) is 0 Å². The lowest BCUT2D eigenvalue weighted by Gasteiger charge is -2.21. The summed E-state index contributed by atoms with van der Waals surface area (Å²) in [6.45, 7) is 4.21. The number of fused-ring (bicyclic) bond motifs is 1. The quantitative estimate of drug-likeness (QED) is 0.882. The van der Waals surface area contributed by atoms with Crippen LogP contribution >= 0.6 is 0 Å². The molecule has 0 saturated carbocycles. The Kier molecular flexibility index (Phi) is 4.26. The molecule has 114 valence electrons. The molecule has 1 aromatic carbocycles. The molecule has 0 atom stereocenters. The predicted molar refractivity (Wildman–Crippen MR) is 76.6 cm³/mol. The Morgan fingerprint density at radius 2 is 2.00 bits per heavy atom. The summed E-state index contributed by atoms with van der Waals surface area (Å²) in [5.74, 6) is 1.35. The number of rotatable bonds is 3. The van der Waals surface area contributed by atoms with E-state index in [1.165, 1.54) is 0 Å². The van der Waals surface area contributed by atoms with Gasteiger partial charge in [0, 0.05) is 31.7 Å². The third-order valence-corrected chi connectivity index (χ3v) is 3.91. The van der Waals surface area contributed by atoms with Crippen molar-refractivity contribution >= 4 is 5.91 Å². The lowest BCUT2D eigenvalue weighted by Crippen LogP contribution is -2.35. The number of hydrogen-bond donors (Lipinski definition) is 1. The fourth-order valence-corrected chi connectivity index (χ4v) is 2.75. The van der Waals surface area contributed by atoms with Gasteiger partial charge in [-0.05, 0) is 31.2 Å². The van der Waals surface area contributed by atoms with Crippen molar-refractivity contribution in [2.45, 2.75) is 6.42 Å². The fraction of sp³-hybridized carbons (Fsp3) is 0.533. The molecule has 1 amide bonds. The molecule has 2 heterocycles. The van der Waals surface area contributed by atoms with Gasteiger partial charge in [0.25, 0.3) is 5.91 Å². The van der Waals surface area contributed by atoms with Crippen molar-refractivity contribution < 1.29 is 19.4 Å². The minimum absolute atomic E-state index is 0.0270. The van der Waals surface area contributed by atoms with Crippen molar-refractivity contribution in [2.24, 2.45) is 0 Å². The van der Waals surface area contributed by atoms with Crippen LogP contribution in [0.25, 0.3) is 0 Å². The molecule has 2 aliphatic rings. The monoisotopic (exact) mass is 292 g/mol. The largest absolute Gasteiger partial charge is 0.454 e. The van der Waals surface area contributed by atoms with Crippen LogP contribution in [0.5, 0.6) is 11.5 Å². The third-order valence-electron chi connectivity index (χ3n) is 3.91. The molecule has 0 aromatic heterocycles. The van der Waals surface area contributed by atoms with E-state index in [9.17, 15) is 4.79 Å². The maximum Gasteiger partial charge on any atom is 0.254 e. The Morgan fingerprint density at radius 3 is 2.86 bits per heavy atom. The van der Waals surface area contributed by atoms with Crippen LogP contribution in [0.3, 0.4) is 0 Å². The Hall–Kier alpha value is -1.79. The van der Waals surface area contributed by atoms with Crippen LogP contribution in [0.1, 0.15) is 16.8 Å². The molecule has 6 nitrogen and oxygen atoms in total. The lowest BCUT2D eigenvalue weighted by atomic mass is 10.1. The van der Waals surface area contributed by atoms with Crippen LogP contribution < -0.4 is 9.47 Å². The number of aliphatic hydroxyl groups is 1. The molecule has 21 heavy (non-hydrogen) atoms. The molecule has 1 fully saturated rings. The molecule has 2 aliphatic heterocycles. The molecule has 6 heteroatoms. The zero-order valence-corrected chi connectivity index (χ0v) is 12.0. The van der Waals surface area contributed by atoms with E-state index in [4.69, 9.17) is 14.6 Å². The number of β-amino-alcohol motifs (C(OH)–C–C–N with tert-alkyl or cyclic N) is 1. The zero-order chi connectivity index (χ0) is 14.7. The van der Waals surface area contributed by atoms with Gasteiger partial charge < -0.3 is 19.5 Å². The van der Waals surface area contributed by atoms with Gasteiger partial charge in [0.2, 0.25) is 6.79 Å². The molecule has 1 aromatic rings. The molecular formula is C15H20N2O4. The first kappa shape index (κ1) is 14.2. The maximum absolute atomic E-state index is 12.6. The first-order valence-corrected chi connectivity index (χ1v) is 7.30. The summed E-state index contributed by atoms with van der Waals surface area (Å²) >= 11 is 0. The number of carbonyl (C=O) groups is 1. The van der Waals surface area contributed by atoms with Gasteiger partial charge in [-0.15, -0.1) is 0 Å². The number of nitrogens with zero attached hydrogens (tertiary/aromatic N) is 2. The molecule has 0 bridgehead atoms. The van der Waals surface area contributed by atoms with E-state index in [-0.39, 0.29) is 19.3 Å². The summed E-state index contributed by atoms with van der Waals surface area (Å²) in [4.78, 5) is 16.6. The van der Waals surface area contributed by atoms with Crippen molar-refractivity contribution in [2.75, 3.05) is 46.1 Å². The molecule has 1 saturated heterocycles. The molecular weight excluding hydrogens is 272 g/mol. The predicted octanol–water partition coefficient (Wildman–Crippen LogP) is 0.556. The number of ether oxygens (including phenoxy) is 2. The van der Waals surface area contributed by atoms with E-state index in [2.05, 4.69) is 4.90 Å². The SMILES string of the molecule is O=C(c1ccc2c(c1)OCO2)N1CCCN(CCO)CC1. The molecule has 0 radical (unpaired) electrons. The van der Waals surface area contributed by atoms with Crippen molar-refractivity contribution in [1.29, 1.82) is 0 Å². The number of hydrogen-bond acceptors (Lipinski definition) is 5. The average Bonchev–Trinajstić information content (AvgIpc) is 2.85. The highest BCUT2D eigenvalue weighted by atomic mass is 16.7. The van der Waals surface area contributed by atoms with Gasteiger partial charge in [-0.25, -0.2) is 0 Å². The van der Waals surface area contributed by atoms with E-state index in [0.717, 1.165) is 26.1 Å². The van der Waals surface area contributed by atoms with Gasteiger partial charge in [0.1, 0.15) is 0 Å². The Balaban J connectivity index is 1.67. The number of amides is 1. The molecule has 0 spiro atoms. The second-order valence-corrected chi connectivity index (χ2v) is 5.28. The van der Waals surface area contributed by atoms with Gasteiger partial charge in [-0.1, -0.05) is 0 Å². The highest BCUT2D eigenvalue weighted by Crippen LogP contribution is 2.32. The van der Waals surface area contributed by atoms with Crippen molar-refractivity contribution in [3.63, 3.8) is 0 Å². The number of benzene rings is 1. The van der Waals surface area contributed by atoms with Crippen LogP contribution in [0, 0.1) is 0 Å². The molecule has 1 N–H and O–H groups in total. The van der Waals surface area contributed by atoms with Crippen molar-refractivity contribution in [1.82, 2.24) is 9.80 Å². The molecule has 3 rings (SSSR count). The summed E-state index contributed by atoms with van der Waals surface area (Å²) in [5, 5.41) is 9.01. The summed E-state index contributed by atoms with van der Waals surface area (Å²) in [6.07, 6.45) is 0.927. The lowest BCUT2D eigenvalue weighted by molar-refractivity contribution is 0.0760. The summed E-state index contributed by atoms with van der Waals surface area (Å²) in [6, 6.07) is 5.32. The van der Waals surface area contributed by atoms with Gasteiger partial charge >= 0.3 is 0 Å². The second kappa shape index (κ2) is 6.32.